The Morgan fingerprint density at radius 2 is 1.88 bits per heavy atom. The van der Waals surface area contributed by atoms with Gasteiger partial charge < -0.3 is 31.5 Å². The van der Waals surface area contributed by atoms with Crippen LogP contribution >= 0.6 is 51.8 Å². The number of β-lactam (4-membered cyclic amide) rings is 1. The average molecular weight is 786 g/mol. The van der Waals surface area contributed by atoms with Gasteiger partial charge in [-0.15, -0.1) is 15.6 Å². The fourth-order valence-electron chi connectivity index (χ4n) is 4.66. The first-order chi connectivity index (χ1) is 21.2. The van der Waals surface area contributed by atoms with Gasteiger partial charge in [-0.1, -0.05) is 12.6 Å². The maximum atomic E-state index is 13.3. The number of amides is 1. The summed E-state index contributed by atoms with van der Waals surface area (Å²) in [6.07, 6.45) is -0.195. The lowest BCUT2D eigenvalue weighted by Crippen LogP contribution is -2.68. The van der Waals surface area contributed by atoms with Crippen LogP contribution in [0.15, 0.2) is 39.8 Å². The van der Waals surface area contributed by atoms with Crippen LogP contribution < -0.4 is 21.5 Å². The molecule has 2 fully saturated rings. The van der Waals surface area contributed by atoms with Crippen molar-refractivity contribution in [2.75, 3.05) is 25.4 Å². The summed E-state index contributed by atoms with van der Waals surface area (Å²) >= 11 is 0.984. The lowest BCUT2D eigenvalue weighted by Gasteiger charge is -2.50. The molecule has 2 aliphatic rings. The van der Waals surface area contributed by atoms with E-state index in [1.54, 1.807) is 24.3 Å². The van der Waals surface area contributed by atoms with Crippen LogP contribution in [0.25, 0.3) is 0 Å². The van der Waals surface area contributed by atoms with Gasteiger partial charge in [0.2, 0.25) is 0 Å². The number of hydroxylamine groups is 2. The zero-order chi connectivity index (χ0) is 32.9. The maximum Gasteiger partial charge on any atom is 0.418 e. The number of aliphatic carboxylic acids is 1. The molecule has 1 unspecified atom stereocenters. The van der Waals surface area contributed by atoms with E-state index in [0.717, 1.165) is 37.3 Å². The summed E-state index contributed by atoms with van der Waals surface area (Å²) < 4.78 is 41.0. The largest absolute Gasteiger partial charge is 0.489 e. The highest BCUT2D eigenvalue weighted by molar-refractivity contribution is 7.80. The van der Waals surface area contributed by atoms with Crippen LogP contribution in [0.3, 0.4) is 0 Å². The lowest BCUT2D eigenvalue weighted by molar-refractivity contribution is -0.228. The van der Waals surface area contributed by atoms with Crippen molar-refractivity contribution in [1.29, 1.82) is 0 Å². The summed E-state index contributed by atoms with van der Waals surface area (Å²) in [7, 11) is -4.99. The number of carbonyl (C=O) groups is 3. The van der Waals surface area contributed by atoms with Crippen LogP contribution in [0.2, 0.25) is 0 Å². The Bertz CT molecular complexity index is 1600. The van der Waals surface area contributed by atoms with Crippen molar-refractivity contribution in [3.63, 3.8) is 0 Å². The second kappa shape index (κ2) is 19.3. The van der Waals surface area contributed by atoms with Gasteiger partial charge in [-0.3, -0.25) is 19.1 Å². The summed E-state index contributed by atoms with van der Waals surface area (Å²) in [5, 5.41) is 18.7. The number of carboxylic acids is 1. The summed E-state index contributed by atoms with van der Waals surface area (Å²) in [6.45, 7) is 4.06. The number of ether oxygens (including phenoxy) is 1. The predicted molar refractivity (Wildman–Crippen MR) is 199 cm³/mol. The Morgan fingerprint density at radius 1 is 1.22 bits per heavy atom. The van der Waals surface area contributed by atoms with E-state index in [-0.39, 0.29) is 64.8 Å². The van der Waals surface area contributed by atoms with Gasteiger partial charge in [-0.25, -0.2) is 9.78 Å². The van der Waals surface area contributed by atoms with E-state index < -0.39 is 64.4 Å². The van der Waals surface area contributed by atoms with E-state index in [2.05, 4.69) is 24.7 Å². The van der Waals surface area contributed by atoms with Crippen molar-refractivity contribution in [2.45, 2.75) is 58.2 Å². The second-order valence-corrected chi connectivity index (χ2v) is 12.7. The Hall–Kier alpha value is -3.12. The molecule has 2 saturated heterocycles. The number of nitrogen functional groups attached to an aromatic ring is 1. The minimum atomic E-state index is -4.99. The molecule has 0 radical (unpaired) electrons. The number of aromatic nitrogens is 1. The number of carboxylic acid groups (broad SMARTS) is 1. The van der Waals surface area contributed by atoms with Crippen LogP contribution in [-0.4, -0.2) is 94.7 Å². The van der Waals surface area contributed by atoms with Crippen molar-refractivity contribution in [3.05, 3.63) is 40.9 Å². The second-order valence-electron chi connectivity index (χ2n) is 10.8. The third kappa shape index (κ3) is 12.0. The Balaban J connectivity index is 0.00000576. The highest BCUT2D eigenvalue weighted by Crippen LogP contribution is 2.40. The Morgan fingerprint density at radius 3 is 2.39 bits per heavy atom. The van der Waals surface area contributed by atoms with E-state index in [4.69, 9.17) is 25.6 Å². The first-order valence-corrected chi connectivity index (χ1v) is 15.9. The molecule has 49 heavy (non-hydrogen) atoms. The molecule has 276 valence electrons. The molecule has 4 rings (SSSR count). The highest BCUT2D eigenvalue weighted by Gasteiger charge is 2.57. The average Bonchev–Trinajstić information content (AvgIpc) is 3.41. The molecule has 0 spiro atoms. The molecule has 0 aliphatic carbocycles. The van der Waals surface area contributed by atoms with Crippen molar-refractivity contribution in [1.82, 2.24) is 15.4 Å². The third-order valence-corrected chi connectivity index (χ3v) is 8.16. The first kappa shape index (κ1) is 45.9. The number of piperidine rings is 1. The van der Waals surface area contributed by atoms with Crippen molar-refractivity contribution >= 4 is 96.6 Å². The number of hydrogen-bond acceptors (Lipinski definition) is 14. The van der Waals surface area contributed by atoms with Crippen molar-refractivity contribution in [3.8, 4) is 5.75 Å². The van der Waals surface area contributed by atoms with Gasteiger partial charge in [0.05, 0.1) is 17.5 Å². The fourth-order valence-corrected chi connectivity index (χ4v) is 5.66. The number of rotatable bonds is 14. The fraction of sp³-hybridized carbons (Fsp3) is 0.481. The summed E-state index contributed by atoms with van der Waals surface area (Å²) in [4.78, 5) is 51.5. The molecular weight excluding hydrogens is 743 g/mol. The minimum Gasteiger partial charge on any atom is -0.489 e. The number of benzene rings is 1. The van der Waals surface area contributed by atoms with E-state index in [9.17, 15) is 27.9 Å². The molecule has 2 aliphatic heterocycles. The van der Waals surface area contributed by atoms with E-state index in [0.29, 0.717) is 22.2 Å². The Kier molecular flexibility index (Phi) is 18.1. The molecule has 3 heterocycles. The standard InChI is InChI=1S/C26H33N7O10S2.CH4.3H2S/c1-26(2)17(23(35)33(26)43-45(38,39)40)10-19(34)21(18-13-44-25(28)31-18)32-42-20(24(36)37)12-41-16-7-5-14(6-8-16)22(27)30-15-4-3-9-29-11-15;;;;/h5-8,13,15,17,20,29H,3-4,9-12H2,1-2H3,(H2,27,30)(H2,28,31)(H,36,37)(H,38,39,40);1H4;3*1H2/b32-21-;;;;/t15-,17?,20-;;;;/m0..../s1. The van der Waals surface area contributed by atoms with Crippen molar-refractivity contribution in [2.24, 2.45) is 21.8 Å². The number of nitrogens with zero attached hydrogens (tertiary/aromatic N) is 4. The number of aliphatic imine (C=N–C) groups is 1. The summed E-state index contributed by atoms with van der Waals surface area (Å²) in [5.41, 5.74) is 10.8. The van der Waals surface area contributed by atoms with Gasteiger partial charge in [0, 0.05) is 23.9 Å². The van der Waals surface area contributed by atoms with Gasteiger partial charge in [0.25, 0.3) is 12.0 Å². The molecule has 0 saturated carbocycles. The van der Waals surface area contributed by atoms with Crippen LogP contribution in [0.4, 0.5) is 5.13 Å². The van der Waals surface area contributed by atoms with Crippen LogP contribution in [-0.2, 0) is 33.9 Å². The number of amidine groups is 1. The smallest absolute Gasteiger partial charge is 0.418 e. The highest BCUT2D eigenvalue weighted by atomic mass is 32.3. The molecule has 0 bridgehead atoms. The summed E-state index contributed by atoms with van der Waals surface area (Å²) in [6, 6.07) is 6.66. The zero-order valence-electron chi connectivity index (χ0n) is 25.8. The number of ketones is 1. The normalized spacial score (nSPS) is 19.4. The summed E-state index contributed by atoms with van der Waals surface area (Å²) in [5.74, 6) is -3.48. The molecule has 1 amide bonds. The van der Waals surface area contributed by atoms with Gasteiger partial charge in [0.1, 0.15) is 23.9 Å². The monoisotopic (exact) mass is 785 g/mol. The number of anilines is 1. The number of nitrogens with two attached hydrogens (primary N) is 2. The number of Topliss-reactive ketones (excluding diaryl/α,β-unsaturated/α-hetero) is 1. The minimum absolute atomic E-state index is 0. The van der Waals surface area contributed by atoms with E-state index >= 15 is 0 Å². The van der Waals surface area contributed by atoms with Gasteiger partial charge in [0.15, 0.2) is 16.6 Å². The van der Waals surface area contributed by atoms with Crippen molar-refractivity contribution < 1.29 is 46.3 Å². The lowest BCUT2D eigenvalue weighted by atomic mass is 9.74. The van der Waals surface area contributed by atoms with Crippen LogP contribution in [0, 0.1) is 5.92 Å². The van der Waals surface area contributed by atoms with Crippen LogP contribution in [0.5, 0.6) is 5.75 Å². The molecule has 22 heteroatoms. The number of hydrogen-bond donors (Lipinski definition) is 5. The molecular formula is C27H43N7O10S5. The number of carbonyl (C=O) groups excluding carboxylic acids is 2. The topological polar surface area (TPSA) is 258 Å². The third-order valence-electron chi connectivity index (χ3n) is 7.15. The van der Waals surface area contributed by atoms with E-state index in [1.807, 2.05) is 0 Å². The predicted octanol–water partition coefficient (Wildman–Crippen LogP) is 1.34. The SMILES string of the molecule is C.CC1(C)C(CC(=O)/C(=N\O[C@@H](COc2ccc(C(N)=N[C@H]3CCCNC3)cc2)C(=O)O)c2csc(N)n2)C(=O)N1OS(=O)(=O)O.S.S.S. The quantitative estimate of drug-likeness (QED) is 0.0596. The molecule has 1 aromatic heterocycles. The van der Waals surface area contributed by atoms with Gasteiger partial charge >= 0.3 is 16.4 Å². The first-order valence-electron chi connectivity index (χ1n) is 13.6. The molecule has 7 N–H and O–H groups in total. The van der Waals surface area contributed by atoms with E-state index in [1.165, 1.54) is 19.2 Å². The Labute approximate surface area is 309 Å². The van der Waals surface area contributed by atoms with Gasteiger partial charge in [-0.2, -0.15) is 54.0 Å². The number of thiazole rings is 1. The van der Waals surface area contributed by atoms with Gasteiger partial charge in [-0.05, 0) is 57.5 Å². The maximum absolute atomic E-state index is 13.3. The van der Waals surface area contributed by atoms with Crippen LogP contribution in [0.1, 0.15) is 51.8 Å². The molecule has 1 aromatic carbocycles. The number of oxime groups is 1. The zero-order valence-corrected chi connectivity index (χ0v) is 30.4. The molecule has 3 atom stereocenters. The molecule has 17 nitrogen and oxygen atoms in total. The number of nitrogens with one attached hydrogen (secondary N) is 1. The molecule has 2 aromatic rings.